The van der Waals surface area contributed by atoms with Gasteiger partial charge in [0.15, 0.2) is 0 Å². The first-order valence-electron chi connectivity index (χ1n) is 12.5. The lowest BCUT2D eigenvalue weighted by molar-refractivity contribution is 0.271. The Balaban J connectivity index is 0.00000167. The van der Waals surface area contributed by atoms with Gasteiger partial charge in [-0.15, -0.1) is 0 Å². The van der Waals surface area contributed by atoms with E-state index in [4.69, 9.17) is 9.97 Å². The van der Waals surface area contributed by atoms with Gasteiger partial charge in [-0.05, 0) is 44.0 Å². The zero-order valence-corrected chi connectivity index (χ0v) is 21.7. The van der Waals surface area contributed by atoms with Crippen LogP contribution in [0.3, 0.4) is 0 Å². The van der Waals surface area contributed by atoms with Crippen LogP contribution in [-0.4, -0.2) is 44.3 Å². The molecule has 35 heavy (non-hydrogen) atoms. The van der Waals surface area contributed by atoms with Gasteiger partial charge in [-0.2, -0.15) is 9.97 Å². The Morgan fingerprint density at radius 3 is 2.37 bits per heavy atom. The number of hydrogen-bond donors (Lipinski definition) is 2. The summed E-state index contributed by atoms with van der Waals surface area (Å²) in [4.78, 5) is 16.2. The summed E-state index contributed by atoms with van der Waals surface area (Å²) < 4.78 is 2.15. The molecule has 0 fully saturated rings. The second-order valence-corrected chi connectivity index (χ2v) is 8.62. The zero-order chi connectivity index (χ0) is 25.4. The molecule has 3 heterocycles. The largest absolute Gasteiger partial charge is 0.394 e. The minimum Gasteiger partial charge on any atom is -0.394 e. The molecule has 0 aliphatic carbocycles. The molecule has 0 aliphatic rings. The molecule has 1 atom stereocenters. The first-order chi connectivity index (χ1) is 17.0. The van der Waals surface area contributed by atoms with Crippen LogP contribution in [-0.2, 0) is 6.54 Å². The van der Waals surface area contributed by atoms with Crippen LogP contribution in [0.1, 0.15) is 52.6 Å². The third-order valence-electron chi connectivity index (χ3n) is 5.85. The summed E-state index contributed by atoms with van der Waals surface area (Å²) in [6.07, 6.45) is 4.67. The molecule has 0 radical (unpaired) electrons. The van der Waals surface area contributed by atoms with Gasteiger partial charge in [-0.3, -0.25) is 4.98 Å². The van der Waals surface area contributed by atoms with Gasteiger partial charge in [-0.1, -0.05) is 51.1 Å². The van der Waals surface area contributed by atoms with E-state index in [1.165, 1.54) is 5.56 Å². The van der Waals surface area contributed by atoms with Gasteiger partial charge in [-0.25, -0.2) is 0 Å². The van der Waals surface area contributed by atoms with Gasteiger partial charge in [0.05, 0.1) is 23.7 Å². The van der Waals surface area contributed by atoms with Gasteiger partial charge >= 0.3 is 0 Å². The van der Waals surface area contributed by atoms with E-state index in [2.05, 4.69) is 70.1 Å². The predicted molar refractivity (Wildman–Crippen MR) is 146 cm³/mol. The number of aliphatic hydroxyl groups is 1. The number of pyridine rings is 1. The summed E-state index contributed by atoms with van der Waals surface area (Å²) in [7, 11) is 2.05. The maximum Gasteiger partial charge on any atom is 0.226 e. The minimum absolute atomic E-state index is 0.0386. The van der Waals surface area contributed by atoms with Crippen molar-refractivity contribution in [3.63, 3.8) is 0 Å². The van der Waals surface area contributed by atoms with Gasteiger partial charge in [0.25, 0.3) is 0 Å². The zero-order valence-electron chi connectivity index (χ0n) is 21.7. The van der Waals surface area contributed by atoms with E-state index in [9.17, 15) is 5.11 Å². The first kappa shape index (κ1) is 26.2. The fourth-order valence-electron chi connectivity index (χ4n) is 3.91. The van der Waals surface area contributed by atoms with Crippen molar-refractivity contribution in [2.24, 2.45) is 0 Å². The molecule has 0 aliphatic heterocycles. The average molecular weight is 475 g/mol. The molecule has 1 unspecified atom stereocenters. The van der Waals surface area contributed by atoms with Crippen LogP contribution in [0, 0.1) is 0 Å². The van der Waals surface area contributed by atoms with E-state index in [0.29, 0.717) is 12.5 Å². The summed E-state index contributed by atoms with van der Waals surface area (Å²) in [5.74, 6) is 1.40. The Bertz CT molecular complexity index is 1180. The van der Waals surface area contributed by atoms with Crippen molar-refractivity contribution in [1.82, 2.24) is 19.5 Å². The number of hydrogen-bond acceptors (Lipinski definition) is 6. The average Bonchev–Trinajstić information content (AvgIpc) is 3.33. The smallest absolute Gasteiger partial charge is 0.226 e. The van der Waals surface area contributed by atoms with Gasteiger partial charge in [0, 0.05) is 37.6 Å². The van der Waals surface area contributed by atoms with E-state index in [1.54, 1.807) is 0 Å². The molecule has 2 N–H and O–H groups in total. The van der Waals surface area contributed by atoms with Crippen molar-refractivity contribution in [2.75, 3.05) is 23.9 Å². The summed E-state index contributed by atoms with van der Waals surface area (Å²) in [5.41, 5.74) is 4.14. The number of nitrogens with one attached hydrogen (secondary N) is 1. The predicted octanol–water partition coefficient (Wildman–Crippen LogP) is 5.92. The van der Waals surface area contributed by atoms with Crippen LogP contribution < -0.4 is 10.2 Å². The van der Waals surface area contributed by atoms with Crippen LogP contribution >= 0.6 is 0 Å². The van der Waals surface area contributed by atoms with E-state index in [1.807, 2.05) is 52.2 Å². The molecule has 0 amide bonds. The van der Waals surface area contributed by atoms with E-state index >= 15 is 0 Å². The Hall–Kier alpha value is -3.45. The lowest BCUT2D eigenvalue weighted by atomic mass is 10.1. The van der Waals surface area contributed by atoms with E-state index in [0.717, 1.165) is 34.5 Å². The molecule has 4 rings (SSSR count). The molecule has 0 saturated heterocycles. The molecule has 3 aromatic heterocycles. The third kappa shape index (κ3) is 6.17. The van der Waals surface area contributed by atoms with Crippen molar-refractivity contribution in [3.8, 4) is 11.3 Å². The molecule has 0 saturated carbocycles. The molecule has 0 spiro atoms. The van der Waals surface area contributed by atoms with E-state index in [-0.39, 0.29) is 18.7 Å². The quantitative estimate of drug-likeness (QED) is 0.313. The number of aromatic nitrogens is 4. The van der Waals surface area contributed by atoms with Crippen LogP contribution in [0.2, 0.25) is 0 Å². The number of aliphatic hydroxyl groups excluding tert-OH is 1. The van der Waals surface area contributed by atoms with Crippen molar-refractivity contribution in [1.29, 1.82) is 0 Å². The second kappa shape index (κ2) is 12.3. The van der Waals surface area contributed by atoms with Crippen molar-refractivity contribution in [3.05, 3.63) is 66.5 Å². The number of rotatable bonds is 9. The highest BCUT2D eigenvalue weighted by molar-refractivity contribution is 5.89. The first-order valence-corrected chi connectivity index (χ1v) is 12.5. The number of benzene rings is 1. The van der Waals surface area contributed by atoms with E-state index < -0.39 is 0 Å². The van der Waals surface area contributed by atoms with Crippen LogP contribution in [0.4, 0.5) is 11.8 Å². The Morgan fingerprint density at radius 2 is 1.77 bits per heavy atom. The minimum atomic E-state index is -0.0813. The van der Waals surface area contributed by atoms with Gasteiger partial charge in [0.2, 0.25) is 5.95 Å². The topological polar surface area (TPSA) is 79.1 Å². The second-order valence-electron chi connectivity index (χ2n) is 8.62. The fourth-order valence-corrected chi connectivity index (χ4v) is 3.91. The fraction of sp³-hybridized carbons (Fsp3) is 0.393. The van der Waals surface area contributed by atoms with Crippen molar-refractivity contribution < 1.29 is 5.11 Å². The molecule has 7 heteroatoms. The van der Waals surface area contributed by atoms with Gasteiger partial charge in [0.1, 0.15) is 11.5 Å². The highest BCUT2D eigenvalue weighted by atomic mass is 16.3. The maximum absolute atomic E-state index is 9.64. The molecular formula is C28H38N6O. The highest BCUT2D eigenvalue weighted by Gasteiger charge is 2.18. The summed E-state index contributed by atoms with van der Waals surface area (Å²) in [6, 6.07) is 16.7. The van der Waals surface area contributed by atoms with Crippen LogP contribution in [0.5, 0.6) is 0 Å². The maximum atomic E-state index is 9.64. The lowest BCUT2D eigenvalue weighted by Gasteiger charge is -2.22. The summed E-state index contributed by atoms with van der Waals surface area (Å²) >= 11 is 0. The van der Waals surface area contributed by atoms with Crippen LogP contribution in [0.15, 0.2) is 60.9 Å². The Labute approximate surface area is 208 Å². The number of fused-ring (bicyclic) bond motifs is 1. The SMILES string of the molecule is CC.CCC(CO)Nc1nc(N(C)Cc2ccc(-c3ccccn3)cc2)c2ccn(C(C)C)c2n1. The summed E-state index contributed by atoms with van der Waals surface area (Å²) in [6.45, 7) is 11.1. The molecule has 7 nitrogen and oxygen atoms in total. The molecule has 1 aromatic carbocycles. The van der Waals surface area contributed by atoms with Crippen molar-refractivity contribution >= 4 is 22.8 Å². The van der Waals surface area contributed by atoms with Crippen molar-refractivity contribution in [2.45, 2.75) is 59.7 Å². The highest BCUT2D eigenvalue weighted by Crippen LogP contribution is 2.29. The van der Waals surface area contributed by atoms with Crippen LogP contribution in [0.25, 0.3) is 22.3 Å². The Morgan fingerprint density at radius 1 is 1.03 bits per heavy atom. The standard InChI is InChI=1S/C26H32N6O.C2H6/c1-5-21(17-33)28-26-29-24(22-13-15-32(18(2)3)25(22)30-26)31(4)16-19-9-11-20(12-10-19)23-8-6-7-14-27-23;1-2/h6-15,18,21,33H,5,16-17H2,1-4H3,(H,28,29,30);1-2H3. The Kier molecular flexibility index (Phi) is 9.20. The third-order valence-corrected chi connectivity index (χ3v) is 5.85. The summed E-state index contributed by atoms with van der Waals surface area (Å²) in [5, 5.41) is 13.9. The molecule has 4 aromatic rings. The normalized spacial score (nSPS) is 11.8. The molecule has 0 bridgehead atoms. The monoisotopic (exact) mass is 474 g/mol. The molecule has 186 valence electrons. The number of nitrogens with zero attached hydrogens (tertiary/aromatic N) is 5. The molecular weight excluding hydrogens is 436 g/mol. The van der Waals surface area contributed by atoms with Gasteiger partial charge < -0.3 is 19.9 Å². The lowest BCUT2D eigenvalue weighted by Crippen LogP contribution is -2.25. The number of anilines is 2.